The Morgan fingerprint density at radius 2 is 1.77 bits per heavy atom. The normalized spacial score (nSPS) is 12.1. The van der Waals surface area contributed by atoms with Crippen molar-refractivity contribution in [3.8, 4) is 0 Å². The van der Waals surface area contributed by atoms with E-state index < -0.39 is 11.8 Å². The molecule has 1 aromatic rings. The van der Waals surface area contributed by atoms with Gasteiger partial charge in [-0.25, -0.2) is 0 Å². The summed E-state index contributed by atoms with van der Waals surface area (Å²) in [6.45, 7) is 1.51. The smallest absolute Gasteiger partial charge is 0.228 e. The Balaban J connectivity index is 2.86. The SMILES string of the molecule is C[C@H](C(N)=O)C(=O)c1ccccc1. The molecule has 0 heterocycles. The Morgan fingerprint density at radius 3 is 2.23 bits per heavy atom. The van der Waals surface area contributed by atoms with E-state index in [1.165, 1.54) is 6.92 Å². The van der Waals surface area contributed by atoms with Crippen molar-refractivity contribution in [1.82, 2.24) is 0 Å². The Bertz CT molecular complexity index is 319. The minimum atomic E-state index is -0.748. The fourth-order valence-corrected chi connectivity index (χ4v) is 0.982. The van der Waals surface area contributed by atoms with Crippen molar-refractivity contribution >= 4 is 11.7 Å². The van der Waals surface area contributed by atoms with Crippen LogP contribution in [0, 0.1) is 5.92 Å². The molecule has 0 unspecified atom stereocenters. The molecule has 3 heteroatoms. The van der Waals surface area contributed by atoms with E-state index in [9.17, 15) is 9.59 Å². The quantitative estimate of drug-likeness (QED) is 0.553. The Morgan fingerprint density at radius 1 is 1.23 bits per heavy atom. The van der Waals surface area contributed by atoms with Gasteiger partial charge in [0.15, 0.2) is 5.78 Å². The fourth-order valence-electron chi connectivity index (χ4n) is 0.982. The standard InChI is InChI=1S/C10H11NO2/c1-7(10(11)13)9(12)8-5-3-2-4-6-8/h2-7H,1H3,(H2,11,13)/t7-/m0/s1. The second kappa shape index (κ2) is 3.85. The van der Waals surface area contributed by atoms with Crippen LogP contribution in [0.25, 0.3) is 0 Å². The molecule has 1 rings (SSSR count). The number of carbonyl (C=O) groups excluding carboxylic acids is 2. The van der Waals surface area contributed by atoms with Gasteiger partial charge in [0, 0.05) is 5.56 Å². The number of Topliss-reactive ketones (excluding diaryl/α,β-unsaturated/α-hetero) is 1. The molecule has 0 aromatic heterocycles. The van der Waals surface area contributed by atoms with Crippen molar-refractivity contribution in [2.24, 2.45) is 11.7 Å². The monoisotopic (exact) mass is 177 g/mol. The van der Waals surface area contributed by atoms with Gasteiger partial charge in [0.1, 0.15) is 0 Å². The maximum atomic E-state index is 11.5. The number of carbonyl (C=O) groups is 2. The number of amides is 1. The van der Waals surface area contributed by atoms with Gasteiger partial charge in [0.2, 0.25) is 5.91 Å². The molecule has 2 N–H and O–H groups in total. The molecular weight excluding hydrogens is 166 g/mol. The van der Waals surface area contributed by atoms with Crippen LogP contribution in [-0.4, -0.2) is 11.7 Å². The minimum absolute atomic E-state index is 0.229. The first-order chi connectivity index (χ1) is 6.13. The Hall–Kier alpha value is -1.64. The van der Waals surface area contributed by atoms with E-state index >= 15 is 0 Å². The van der Waals surface area contributed by atoms with Crippen molar-refractivity contribution in [3.05, 3.63) is 35.9 Å². The average molecular weight is 177 g/mol. The molecular formula is C10H11NO2. The Kier molecular flexibility index (Phi) is 2.80. The number of benzene rings is 1. The molecule has 1 amide bonds. The molecule has 0 saturated carbocycles. The van der Waals surface area contributed by atoms with Crippen LogP contribution in [0.1, 0.15) is 17.3 Å². The number of primary amides is 1. The minimum Gasteiger partial charge on any atom is -0.369 e. The summed E-state index contributed by atoms with van der Waals surface area (Å²) in [5.74, 6) is -1.57. The van der Waals surface area contributed by atoms with E-state index in [2.05, 4.69) is 0 Å². The highest BCUT2D eigenvalue weighted by molar-refractivity contribution is 6.09. The molecule has 0 saturated heterocycles. The van der Waals surface area contributed by atoms with E-state index in [0.717, 1.165) is 0 Å². The first-order valence-electron chi connectivity index (χ1n) is 4.01. The molecule has 1 aromatic carbocycles. The summed E-state index contributed by atoms with van der Waals surface area (Å²) in [7, 11) is 0. The molecule has 68 valence electrons. The molecule has 0 radical (unpaired) electrons. The lowest BCUT2D eigenvalue weighted by Gasteiger charge is -2.04. The highest BCUT2D eigenvalue weighted by atomic mass is 16.2. The molecule has 0 fully saturated rings. The lowest BCUT2D eigenvalue weighted by atomic mass is 9.99. The number of hydrogen-bond acceptors (Lipinski definition) is 2. The molecule has 3 nitrogen and oxygen atoms in total. The van der Waals surface area contributed by atoms with Crippen LogP contribution in [0.3, 0.4) is 0 Å². The number of rotatable bonds is 3. The summed E-state index contributed by atoms with van der Waals surface area (Å²) < 4.78 is 0. The first-order valence-corrected chi connectivity index (χ1v) is 4.01. The average Bonchev–Trinajstić information content (AvgIpc) is 2.17. The van der Waals surface area contributed by atoms with Crippen LogP contribution in [-0.2, 0) is 4.79 Å². The lowest BCUT2D eigenvalue weighted by molar-refractivity contribution is -0.119. The van der Waals surface area contributed by atoms with Gasteiger partial charge >= 0.3 is 0 Å². The van der Waals surface area contributed by atoms with Crippen LogP contribution in [0.2, 0.25) is 0 Å². The van der Waals surface area contributed by atoms with Crippen molar-refractivity contribution < 1.29 is 9.59 Å². The van der Waals surface area contributed by atoms with Crippen LogP contribution in [0.4, 0.5) is 0 Å². The third kappa shape index (κ3) is 2.15. The molecule has 0 aliphatic carbocycles. The molecule has 0 bridgehead atoms. The number of hydrogen-bond donors (Lipinski definition) is 1. The predicted molar refractivity (Wildman–Crippen MR) is 49.1 cm³/mol. The van der Waals surface area contributed by atoms with Gasteiger partial charge in [-0.2, -0.15) is 0 Å². The first kappa shape index (κ1) is 9.45. The summed E-state index contributed by atoms with van der Waals surface area (Å²) in [6.07, 6.45) is 0. The van der Waals surface area contributed by atoms with Crippen molar-refractivity contribution in [3.63, 3.8) is 0 Å². The second-order valence-corrected chi connectivity index (χ2v) is 2.85. The highest BCUT2D eigenvalue weighted by Crippen LogP contribution is 2.07. The Labute approximate surface area is 76.6 Å². The van der Waals surface area contributed by atoms with E-state index in [-0.39, 0.29) is 5.78 Å². The predicted octanol–water partition coefficient (Wildman–Crippen LogP) is 0.991. The van der Waals surface area contributed by atoms with Crippen molar-refractivity contribution in [1.29, 1.82) is 0 Å². The zero-order chi connectivity index (χ0) is 9.84. The fraction of sp³-hybridized carbons (Fsp3) is 0.200. The summed E-state index contributed by atoms with van der Waals surface area (Å²) >= 11 is 0. The third-order valence-corrected chi connectivity index (χ3v) is 1.88. The van der Waals surface area contributed by atoms with E-state index in [0.29, 0.717) is 5.56 Å². The lowest BCUT2D eigenvalue weighted by Crippen LogP contribution is -2.27. The van der Waals surface area contributed by atoms with Gasteiger partial charge in [0.05, 0.1) is 5.92 Å². The van der Waals surface area contributed by atoms with Gasteiger partial charge < -0.3 is 5.73 Å². The summed E-state index contributed by atoms with van der Waals surface area (Å²) in [4.78, 5) is 22.2. The maximum absolute atomic E-state index is 11.5. The van der Waals surface area contributed by atoms with Crippen LogP contribution in [0.5, 0.6) is 0 Å². The summed E-state index contributed by atoms with van der Waals surface area (Å²) in [5.41, 5.74) is 5.54. The molecule has 1 atom stereocenters. The van der Waals surface area contributed by atoms with Crippen LogP contribution in [0.15, 0.2) is 30.3 Å². The number of ketones is 1. The third-order valence-electron chi connectivity index (χ3n) is 1.88. The van der Waals surface area contributed by atoms with E-state index in [4.69, 9.17) is 5.73 Å². The van der Waals surface area contributed by atoms with Gasteiger partial charge in [-0.1, -0.05) is 30.3 Å². The second-order valence-electron chi connectivity index (χ2n) is 2.85. The van der Waals surface area contributed by atoms with E-state index in [1.807, 2.05) is 6.07 Å². The zero-order valence-electron chi connectivity index (χ0n) is 7.36. The van der Waals surface area contributed by atoms with Crippen LogP contribution >= 0.6 is 0 Å². The highest BCUT2D eigenvalue weighted by Gasteiger charge is 2.19. The summed E-state index contributed by atoms with van der Waals surface area (Å²) in [5, 5.41) is 0. The molecule has 13 heavy (non-hydrogen) atoms. The molecule has 0 aliphatic heterocycles. The van der Waals surface area contributed by atoms with Crippen molar-refractivity contribution in [2.45, 2.75) is 6.92 Å². The topological polar surface area (TPSA) is 60.2 Å². The largest absolute Gasteiger partial charge is 0.369 e. The van der Waals surface area contributed by atoms with Crippen molar-refractivity contribution in [2.75, 3.05) is 0 Å². The van der Waals surface area contributed by atoms with Crippen LogP contribution < -0.4 is 5.73 Å². The summed E-state index contributed by atoms with van der Waals surface area (Å²) in [6, 6.07) is 8.65. The molecule has 0 spiro atoms. The maximum Gasteiger partial charge on any atom is 0.228 e. The van der Waals surface area contributed by atoms with Gasteiger partial charge in [-0.3, -0.25) is 9.59 Å². The van der Waals surface area contributed by atoms with E-state index in [1.54, 1.807) is 24.3 Å². The molecule has 0 aliphatic rings. The van der Waals surface area contributed by atoms with Gasteiger partial charge in [-0.05, 0) is 6.92 Å². The number of nitrogens with two attached hydrogens (primary N) is 1. The van der Waals surface area contributed by atoms with Gasteiger partial charge in [0.25, 0.3) is 0 Å². The zero-order valence-corrected chi connectivity index (χ0v) is 7.36. The van der Waals surface area contributed by atoms with Gasteiger partial charge in [-0.15, -0.1) is 0 Å².